The van der Waals surface area contributed by atoms with Gasteiger partial charge in [-0.15, -0.1) is 0 Å². The lowest BCUT2D eigenvalue weighted by molar-refractivity contribution is -0.135. The van der Waals surface area contributed by atoms with E-state index in [4.69, 9.17) is 0 Å². The Labute approximate surface area is 150 Å². The first kappa shape index (κ1) is 23.1. The number of Topliss-reactive ketones (excluding diaryl/α,β-unsaturated/α-hetero) is 1. The Bertz CT molecular complexity index is 451. The van der Waals surface area contributed by atoms with Crippen LogP contribution in [0, 0.1) is 22.2 Å². The number of nitrogens with one attached hydrogen (secondary N) is 1. The molecule has 24 heavy (non-hydrogen) atoms. The lowest BCUT2D eigenvalue weighted by atomic mass is 9.73. The Morgan fingerprint density at radius 1 is 0.792 bits per heavy atom. The van der Waals surface area contributed by atoms with Gasteiger partial charge in [-0.3, -0.25) is 9.59 Å². The van der Waals surface area contributed by atoms with Crippen LogP contribution < -0.4 is 5.32 Å². The predicted molar refractivity (Wildman–Crippen MR) is 103 cm³/mol. The molecular formula is C21H41NO2. The number of carbonyl (C=O) groups is 2. The molecule has 1 N–H and O–H groups in total. The average molecular weight is 340 g/mol. The highest BCUT2D eigenvalue weighted by Crippen LogP contribution is 2.34. The highest BCUT2D eigenvalue weighted by atomic mass is 16.2. The lowest BCUT2D eigenvalue weighted by Crippen LogP contribution is -2.52. The van der Waals surface area contributed by atoms with Crippen LogP contribution in [-0.2, 0) is 9.59 Å². The van der Waals surface area contributed by atoms with Gasteiger partial charge in [0.2, 0.25) is 5.91 Å². The molecule has 0 aliphatic rings. The number of carbonyl (C=O) groups excluding carboxylic acids is 2. The molecule has 0 aliphatic carbocycles. The highest BCUT2D eigenvalue weighted by Gasteiger charge is 2.38. The minimum Gasteiger partial charge on any atom is -0.351 e. The van der Waals surface area contributed by atoms with Crippen molar-refractivity contribution in [3.63, 3.8) is 0 Å². The summed E-state index contributed by atoms with van der Waals surface area (Å²) in [6.07, 6.45) is 2.50. The Hall–Kier alpha value is -0.860. The normalized spacial score (nSPS) is 14.0. The summed E-state index contributed by atoms with van der Waals surface area (Å²) in [6.45, 7) is 22.5. The molecule has 0 radical (unpaired) electrons. The second kappa shape index (κ2) is 7.58. The van der Waals surface area contributed by atoms with E-state index in [9.17, 15) is 9.59 Å². The Kier molecular flexibility index (Phi) is 7.30. The second-order valence-electron chi connectivity index (χ2n) is 10.9. The third-order valence-electron chi connectivity index (χ3n) is 4.64. The molecule has 0 aromatic rings. The molecule has 0 saturated heterocycles. The standard InChI is InChI=1S/C21H41NO2/c1-15(2)16(23)20(8,9)14-21(10,11)22-17(24)19(6,7)13-12-18(3,4)5/h15H,12-14H2,1-11H3,(H,22,24). The van der Waals surface area contributed by atoms with E-state index in [1.54, 1.807) is 0 Å². The van der Waals surface area contributed by atoms with E-state index < -0.39 is 16.4 Å². The highest BCUT2D eigenvalue weighted by molar-refractivity contribution is 5.86. The van der Waals surface area contributed by atoms with Crippen LogP contribution in [0.15, 0.2) is 0 Å². The molecule has 142 valence electrons. The Morgan fingerprint density at radius 3 is 1.62 bits per heavy atom. The summed E-state index contributed by atoms with van der Waals surface area (Å²) in [5.74, 6) is 0.330. The van der Waals surface area contributed by atoms with Gasteiger partial charge in [-0.25, -0.2) is 0 Å². The van der Waals surface area contributed by atoms with E-state index in [1.165, 1.54) is 0 Å². The molecule has 0 bridgehead atoms. The van der Waals surface area contributed by atoms with Gasteiger partial charge >= 0.3 is 0 Å². The SMILES string of the molecule is CC(C)C(=O)C(C)(C)CC(C)(C)NC(=O)C(C)(C)CCC(C)(C)C. The molecule has 0 aromatic carbocycles. The average Bonchev–Trinajstić information content (AvgIpc) is 2.32. The van der Waals surface area contributed by atoms with Gasteiger partial charge in [0.05, 0.1) is 0 Å². The molecule has 0 spiro atoms. The number of hydrogen-bond donors (Lipinski definition) is 1. The van der Waals surface area contributed by atoms with Gasteiger partial charge in [-0.2, -0.15) is 0 Å². The van der Waals surface area contributed by atoms with Crippen LogP contribution in [0.3, 0.4) is 0 Å². The van der Waals surface area contributed by atoms with E-state index in [0.29, 0.717) is 6.42 Å². The van der Waals surface area contributed by atoms with E-state index in [1.807, 2.05) is 55.4 Å². The number of hydrogen-bond acceptors (Lipinski definition) is 2. The molecule has 0 aliphatic heterocycles. The molecule has 1 amide bonds. The summed E-state index contributed by atoms with van der Waals surface area (Å²) >= 11 is 0. The van der Waals surface area contributed by atoms with Crippen LogP contribution in [0.5, 0.6) is 0 Å². The van der Waals surface area contributed by atoms with Gasteiger partial charge in [-0.1, -0.05) is 62.3 Å². The van der Waals surface area contributed by atoms with Gasteiger partial charge in [0, 0.05) is 22.3 Å². The maximum Gasteiger partial charge on any atom is 0.226 e. The summed E-state index contributed by atoms with van der Waals surface area (Å²) in [7, 11) is 0. The predicted octanol–water partition coefficient (Wildman–Crippen LogP) is 5.38. The summed E-state index contributed by atoms with van der Waals surface area (Å²) in [5.41, 5.74) is -1.04. The maximum absolute atomic E-state index is 12.8. The van der Waals surface area contributed by atoms with E-state index in [-0.39, 0.29) is 23.0 Å². The minimum atomic E-state index is -0.444. The van der Waals surface area contributed by atoms with Crippen LogP contribution in [0.2, 0.25) is 0 Å². The summed E-state index contributed by atoms with van der Waals surface area (Å²) in [6, 6.07) is 0. The van der Waals surface area contributed by atoms with Crippen molar-refractivity contribution in [1.29, 1.82) is 0 Å². The van der Waals surface area contributed by atoms with Crippen molar-refractivity contribution in [2.45, 2.75) is 101 Å². The first-order valence-electron chi connectivity index (χ1n) is 9.27. The Balaban J connectivity index is 4.96. The van der Waals surface area contributed by atoms with Crippen molar-refractivity contribution in [2.24, 2.45) is 22.2 Å². The van der Waals surface area contributed by atoms with Gasteiger partial charge in [0.25, 0.3) is 0 Å². The third-order valence-corrected chi connectivity index (χ3v) is 4.64. The monoisotopic (exact) mass is 339 g/mol. The van der Waals surface area contributed by atoms with Crippen molar-refractivity contribution in [2.75, 3.05) is 0 Å². The molecule has 0 heterocycles. The maximum atomic E-state index is 12.8. The second-order valence-corrected chi connectivity index (χ2v) is 10.9. The zero-order valence-corrected chi connectivity index (χ0v) is 18.0. The molecular weight excluding hydrogens is 298 g/mol. The molecule has 0 atom stereocenters. The summed E-state index contributed by atoms with van der Waals surface area (Å²) in [4.78, 5) is 25.2. The number of rotatable bonds is 8. The van der Waals surface area contributed by atoms with Crippen molar-refractivity contribution >= 4 is 11.7 Å². The van der Waals surface area contributed by atoms with E-state index >= 15 is 0 Å². The number of amides is 1. The Morgan fingerprint density at radius 2 is 1.25 bits per heavy atom. The summed E-state index contributed by atoms with van der Waals surface area (Å²) < 4.78 is 0. The molecule has 0 saturated carbocycles. The van der Waals surface area contributed by atoms with Gasteiger partial charge in [-0.05, 0) is 38.5 Å². The van der Waals surface area contributed by atoms with Crippen molar-refractivity contribution in [3.05, 3.63) is 0 Å². The topological polar surface area (TPSA) is 46.2 Å². The van der Waals surface area contributed by atoms with Gasteiger partial charge in [0.15, 0.2) is 0 Å². The molecule has 3 heteroatoms. The lowest BCUT2D eigenvalue weighted by Gasteiger charge is -2.38. The molecule has 0 unspecified atom stereocenters. The van der Waals surface area contributed by atoms with Crippen molar-refractivity contribution < 1.29 is 9.59 Å². The van der Waals surface area contributed by atoms with Crippen molar-refractivity contribution in [3.8, 4) is 0 Å². The van der Waals surface area contributed by atoms with Crippen LogP contribution in [0.1, 0.15) is 95.4 Å². The molecule has 0 aromatic heterocycles. The van der Waals surface area contributed by atoms with E-state index in [0.717, 1.165) is 12.8 Å². The summed E-state index contributed by atoms with van der Waals surface area (Å²) in [5, 5.41) is 3.19. The smallest absolute Gasteiger partial charge is 0.226 e. The van der Waals surface area contributed by atoms with Gasteiger partial charge < -0.3 is 5.32 Å². The zero-order valence-electron chi connectivity index (χ0n) is 18.0. The van der Waals surface area contributed by atoms with Crippen molar-refractivity contribution in [1.82, 2.24) is 5.32 Å². The zero-order chi connectivity index (χ0) is 19.6. The quantitative estimate of drug-likeness (QED) is 0.645. The first-order valence-corrected chi connectivity index (χ1v) is 9.27. The molecule has 3 nitrogen and oxygen atoms in total. The first-order chi connectivity index (χ1) is 10.4. The fourth-order valence-electron chi connectivity index (χ4n) is 3.30. The largest absolute Gasteiger partial charge is 0.351 e. The van der Waals surface area contributed by atoms with Crippen LogP contribution in [-0.4, -0.2) is 17.2 Å². The minimum absolute atomic E-state index is 0.00901. The van der Waals surface area contributed by atoms with E-state index in [2.05, 4.69) is 26.1 Å². The van der Waals surface area contributed by atoms with Gasteiger partial charge in [0.1, 0.15) is 5.78 Å². The molecule has 0 fully saturated rings. The number of ketones is 1. The fourth-order valence-corrected chi connectivity index (χ4v) is 3.30. The van der Waals surface area contributed by atoms with Crippen LogP contribution >= 0.6 is 0 Å². The van der Waals surface area contributed by atoms with Crippen LogP contribution in [0.4, 0.5) is 0 Å². The third kappa shape index (κ3) is 7.81. The molecule has 0 rings (SSSR count). The van der Waals surface area contributed by atoms with Crippen LogP contribution in [0.25, 0.3) is 0 Å². The fraction of sp³-hybridized carbons (Fsp3) is 0.905.